The largest absolute Gasteiger partial charge is 0.490 e. The van der Waals surface area contributed by atoms with Crippen LogP contribution in [0.2, 0.25) is 0 Å². The molecule has 3 heteroatoms. The summed E-state index contributed by atoms with van der Waals surface area (Å²) in [6.45, 7) is 5.22. The van der Waals surface area contributed by atoms with Gasteiger partial charge in [-0.25, -0.2) is 0 Å². The SMILES string of the molecule is C[C@@H]1CCCCN1CCOc1ccccc1N. The number of nitrogens with two attached hydrogens (primary N) is 1. The molecule has 17 heavy (non-hydrogen) atoms. The van der Waals surface area contributed by atoms with E-state index < -0.39 is 0 Å². The second-order valence-corrected chi connectivity index (χ2v) is 4.77. The van der Waals surface area contributed by atoms with Crippen LogP contribution in [0, 0.1) is 0 Å². The lowest BCUT2D eigenvalue weighted by Gasteiger charge is -2.33. The topological polar surface area (TPSA) is 38.5 Å². The molecule has 0 saturated carbocycles. The van der Waals surface area contributed by atoms with E-state index in [1.54, 1.807) is 0 Å². The molecule has 0 aromatic heterocycles. The number of nitrogen functional groups attached to an aromatic ring is 1. The van der Waals surface area contributed by atoms with Crippen LogP contribution in [0.3, 0.4) is 0 Å². The zero-order chi connectivity index (χ0) is 12.1. The van der Waals surface area contributed by atoms with Crippen molar-refractivity contribution in [1.82, 2.24) is 4.90 Å². The Morgan fingerprint density at radius 2 is 2.18 bits per heavy atom. The Labute approximate surface area is 104 Å². The summed E-state index contributed by atoms with van der Waals surface area (Å²) in [7, 11) is 0. The maximum atomic E-state index is 5.83. The summed E-state index contributed by atoms with van der Waals surface area (Å²) < 4.78 is 5.72. The molecule has 1 aliphatic rings. The van der Waals surface area contributed by atoms with Gasteiger partial charge in [-0.05, 0) is 38.4 Å². The number of ether oxygens (including phenoxy) is 1. The number of nitrogens with zero attached hydrogens (tertiary/aromatic N) is 1. The lowest BCUT2D eigenvalue weighted by Crippen LogP contribution is -2.39. The van der Waals surface area contributed by atoms with E-state index in [1.807, 2.05) is 24.3 Å². The van der Waals surface area contributed by atoms with Crippen molar-refractivity contribution in [2.75, 3.05) is 25.4 Å². The predicted octanol–water partition coefficient (Wildman–Crippen LogP) is 2.52. The Bertz CT molecular complexity index is 354. The van der Waals surface area contributed by atoms with E-state index in [-0.39, 0.29) is 0 Å². The van der Waals surface area contributed by atoms with Crippen LogP contribution < -0.4 is 10.5 Å². The number of anilines is 1. The first-order chi connectivity index (χ1) is 8.27. The Kier molecular flexibility index (Phi) is 4.26. The summed E-state index contributed by atoms with van der Waals surface area (Å²) in [5, 5.41) is 0. The van der Waals surface area contributed by atoms with Crippen LogP contribution >= 0.6 is 0 Å². The summed E-state index contributed by atoms with van der Waals surface area (Å²) in [4.78, 5) is 2.50. The van der Waals surface area contributed by atoms with Crippen molar-refractivity contribution in [2.45, 2.75) is 32.2 Å². The van der Waals surface area contributed by atoms with Gasteiger partial charge in [0, 0.05) is 12.6 Å². The molecule has 1 aromatic carbocycles. The molecule has 1 saturated heterocycles. The molecule has 0 bridgehead atoms. The third kappa shape index (κ3) is 3.37. The minimum atomic E-state index is 0.695. The average molecular weight is 234 g/mol. The smallest absolute Gasteiger partial charge is 0.142 e. The van der Waals surface area contributed by atoms with E-state index in [1.165, 1.54) is 25.8 Å². The van der Waals surface area contributed by atoms with Crippen LogP contribution in [0.15, 0.2) is 24.3 Å². The van der Waals surface area contributed by atoms with Crippen LogP contribution in [0.5, 0.6) is 5.75 Å². The summed E-state index contributed by atoms with van der Waals surface area (Å²) in [6.07, 6.45) is 4.00. The molecule has 1 fully saturated rings. The Hall–Kier alpha value is -1.22. The molecule has 94 valence electrons. The maximum absolute atomic E-state index is 5.83. The van der Waals surface area contributed by atoms with Crippen LogP contribution in [0.4, 0.5) is 5.69 Å². The zero-order valence-corrected chi connectivity index (χ0v) is 10.6. The minimum Gasteiger partial charge on any atom is -0.490 e. The lowest BCUT2D eigenvalue weighted by atomic mass is 10.0. The van der Waals surface area contributed by atoms with Gasteiger partial charge < -0.3 is 10.5 Å². The number of hydrogen-bond acceptors (Lipinski definition) is 3. The van der Waals surface area contributed by atoms with E-state index in [2.05, 4.69) is 11.8 Å². The molecule has 2 N–H and O–H groups in total. The maximum Gasteiger partial charge on any atom is 0.142 e. The van der Waals surface area contributed by atoms with Crippen molar-refractivity contribution in [1.29, 1.82) is 0 Å². The standard InChI is InChI=1S/C14H22N2O/c1-12-6-4-5-9-16(12)10-11-17-14-8-3-2-7-13(14)15/h2-3,7-8,12H,4-6,9-11,15H2,1H3/t12-/m1/s1. The molecule has 0 unspecified atom stereocenters. The van der Waals surface area contributed by atoms with E-state index >= 15 is 0 Å². The van der Waals surface area contributed by atoms with Gasteiger partial charge in [0.25, 0.3) is 0 Å². The van der Waals surface area contributed by atoms with E-state index in [9.17, 15) is 0 Å². The molecule has 1 heterocycles. The van der Waals surface area contributed by atoms with Crippen LogP contribution in [0.25, 0.3) is 0 Å². The highest BCUT2D eigenvalue weighted by Gasteiger charge is 2.17. The molecule has 1 aliphatic heterocycles. The number of hydrogen-bond donors (Lipinski definition) is 1. The molecule has 1 aromatic rings. The van der Waals surface area contributed by atoms with Crippen molar-refractivity contribution < 1.29 is 4.74 Å². The first-order valence-electron chi connectivity index (χ1n) is 6.49. The Morgan fingerprint density at radius 3 is 2.94 bits per heavy atom. The number of likely N-dealkylation sites (tertiary alicyclic amines) is 1. The fourth-order valence-corrected chi connectivity index (χ4v) is 2.37. The fourth-order valence-electron chi connectivity index (χ4n) is 2.37. The Balaban J connectivity index is 1.77. The van der Waals surface area contributed by atoms with E-state index in [0.29, 0.717) is 6.04 Å². The van der Waals surface area contributed by atoms with Gasteiger partial charge in [-0.1, -0.05) is 18.6 Å². The predicted molar refractivity (Wildman–Crippen MR) is 71.2 cm³/mol. The van der Waals surface area contributed by atoms with Gasteiger partial charge >= 0.3 is 0 Å². The monoisotopic (exact) mass is 234 g/mol. The summed E-state index contributed by atoms with van der Waals surface area (Å²) >= 11 is 0. The lowest BCUT2D eigenvalue weighted by molar-refractivity contribution is 0.133. The number of para-hydroxylation sites is 2. The van der Waals surface area contributed by atoms with Gasteiger partial charge in [0.15, 0.2) is 0 Å². The molecular weight excluding hydrogens is 212 g/mol. The van der Waals surface area contributed by atoms with Gasteiger partial charge in [0.05, 0.1) is 5.69 Å². The molecule has 0 radical (unpaired) electrons. The highest BCUT2D eigenvalue weighted by atomic mass is 16.5. The summed E-state index contributed by atoms with van der Waals surface area (Å²) in [5.41, 5.74) is 6.55. The quantitative estimate of drug-likeness (QED) is 0.814. The highest BCUT2D eigenvalue weighted by Crippen LogP contribution is 2.20. The second kappa shape index (κ2) is 5.92. The van der Waals surface area contributed by atoms with Crippen molar-refractivity contribution in [3.63, 3.8) is 0 Å². The van der Waals surface area contributed by atoms with Gasteiger partial charge in [-0.3, -0.25) is 4.90 Å². The molecule has 0 amide bonds. The molecular formula is C14H22N2O. The first kappa shape index (κ1) is 12.2. The normalized spacial score (nSPS) is 21.4. The average Bonchev–Trinajstić information content (AvgIpc) is 2.34. The van der Waals surface area contributed by atoms with E-state index in [0.717, 1.165) is 24.6 Å². The van der Waals surface area contributed by atoms with Gasteiger partial charge in [-0.2, -0.15) is 0 Å². The second-order valence-electron chi connectivity index (χ2n) is 4.77. The molecule has 2 rings (SSSR count). The molecule has 3 nitrogen and oxygen atoms in total. The highest BCUT2D eigenvalue weighted by molar-refractivity contribution is 5.51. The summed E-state index contributed by atoms with van der Waals surface area (Å²) in [5.74, 6) is 0.803. The number of piperidine rings is 1. The fraction of sp³-hybridized carbons (Fsp3) is 0.571. The number of rotatable bonds is 4. The van der Waals surface area contributed by atoms with Crippen molar-refractivity contribution in [3.05, 3.63) is 24.3 Å². The van der Waals surface area contributed by atoms with Crippen LogP contribution in [-0.2, 0) is 0 Å². The van der Waals surface area contributed by atoms with E-state index in [4.69, 9.17) is 10.5 Å². The zero-order valence-electron chi connectivity index (χ0n) is 10.6. The van der Waals surface area contributed by atoms with Crippen molar-refractivity contribution in [2.24, 2.45) is 0 Å². The van der Waals surface area contributed by atoms with Crippen molar-refractivity contribution in [3.8, 4) is 5.75 Å². The minimum absolute atomic E-state index is 0.695. The third-order valence-corrected chi connectivity index (χ3v) is 3.50. The van der Waals surface area contributed by atoms with Crippen LogP contribution in [-0.4, -0.2) is 30.6 Å². The Morgan fingerprint density at radius 1 is 1.35 bits per heavy atom. The molecule has 1 atom stereocenters. The van der Waals surface area contributed by atoms with Gasteiger partial charge in [-0.15, -0.1) is 0 Å². The number of benzene rings is 1. The third-order valence-electron chi connectivity index (χ3n) is 3.50. The molecule has 0 aliphatic carbocycles. The van der Waals surface area contributed by atoms with Gasteiger partial charge in [0.2, 0.25) is 0 Å². The molecule has 0 spiro atoms. The first-order valence-corrected chi connectivity index (χ1v) is 6.49. The summed E-state index contributed by atoms with van der Waals surface area (Å²) in [6, 6.07) is 8.37. The van der Waals surface area contributed by atoms with Gasteiger partial charge in [0.1, 0.15) is 12.4 Å². The van der Waals surface area contributed by atoms with Crippen molar-refractivity contribution >= 4 is 5.69 Å². The van der Waals surface area contributed by atoms with Crippen LogP contribution in [0.1, 0.15) is 26.2 Å².